The zero-order valence-corrected chi connectivity index (χ0v) is 11.6. The molecule has 0 radical (unpaired) electrons. The van der Waals surface area contributed by atoms with Crippen molar-refractivity contribution < 1.29 is 13.6 Å². The van der Waals surface area contributed by atoms with E-state index in [1.807, 2.05) is 0 Å². The van der Waals surface area contributed by atoms with E-state index in [-0.39, 0.29) is 17.5 Å². The van der Waals surface area contributed by atoms with E-state index in [2.05, 4.69) is 15.9 Å². The summed E-state index contributed by atoms with van der Waals surface area (Å²) < 4.78 is 19.0. The third kappa shape index (κ3) is 2.30. The largest absolute Gasteiger partial charge is 0.444 e. The minimum atomic E-state index is -0.270. The zero-order valence-electron chi connectivity index (χ0n) is 10.0. The highest BCUT2D eigenvalue weighted by Crippen LogP contribution is 2.29. The van der Waals surface area contributed by atoms with Gasteiger partial charge in [0.1, 0.15) is 5.82 Å². The van der Waals surface area contributed by atoms with Crippen molar-refractivity contribution in [2.45, 2.75) is 12.8 Å². The maximum absolute atomic E-state index is 13.2. The van der Waals surface area contributed by atoms with E-state index >= 15 is 0 Å². The first-order valence-electron chi connectivity index (χ1n) is 6.01. The van der Waals surface area contributed by atoms with Gasteiger partial charge in [-0.05, 0) is 64.7 Å². The van der Waals surface area contributed by atoms with E-state index in [4.69, 9.17) is 4.42 Å². The van der Waals surface area contributed by atoms with Crippen LogP contribution in [-0.4, -0.2) is 12.5 Å². The van der Waals surface area contributed by atoms with Crippen LogP contribution in [0.25, 0.3) is 0 Å². The van der Waals surface area contributed by atoms with Gasteiger partial charge in [-0.25, -0.2) is 4.39 Å². The highest BCUT2D eigenvalue weighted by Gasteiger charge is 2.25. The van der Waals surface area contributed by atoms with Crippen molar-refractivity contribution in [2.75, 3.05) is 11.4 Å². The first-order valence-corrected chi connectivity index (χ1v) is 6.80. The summed E-state index contributed by atoms with van der Waals surface area (Å²) in [5, 5.41) is 0. The number of furan rings is 1. The van der Waals surface area contributed by atoms with Crippen molar-refractivity contribution in [3.8, 4) is 0 Å². The van der Waals surface area contributed by atoms with Gasteiger partial charge in [0.05, 0.1) is 0 Å². The van der Waals surface area contributed by atoms with Crippen LogP contribution in [0.15, 0.2) is 39.4 Å². The Balaban J connectivity index is 1.97. The molecule has 0 aliphatic carbocycles. The van der Waals surface area contributed by atoms with Crippen molar-refractivity contribution in [1.29, 1.82) is 0 Å². The molecule has 1 amide bonds. The van der Waals surface area contributed by atoms with Gasteiger partial charge < -0.3 is 9.32 Å². The molecule has 2 heterocycles. The number of rotatable bonds is 1. The summed E-state index contributed by atoms with van der Waals surface area (Å²) in [7, 11) is 0. The van der Waals surface area contributed by atoms with Gasteiger partial charge in [-0.2, -0.15) is 0 Å². The maximum Gasteiger partial charge on any atom is 0.294 e. The maximum atomic E-state index is 13.2. The Labute approximate surface area is 118 Å². The summed E-state index contributed by atoms with van der Waals surface area (Å²) in [5.74, 6) is -0.184. The summed E-state index contributed by atoms with van der Waals surface area (Å²) in [5.41, 5.74) is 1.63. The summed E-state index contributed by atoms with van der Waals surface area (Å²) >= 11 is 3.18. The van der Waals surface area contributed by atoms with Crippen molar-refractivity contribution in [1.82, 2.24) is 0 Å². The summed E-state index contributed by atoms with van der Waals surface area (Å²) in [6, 6.07) is 7.84. The Kier molecular flexibility index (Phi) is 3.14. The van der Waals surface area contributed by atoms with Gasteiger partial charge >= 0.3 is 0 Å². The van der Waals surface area contributed by atoms with Gasteiger partial charge in [0.15, 0.2) is 10.4 Å². The fourth-order valence-electron chi connectivity index (χ4n) is 2.34. The lowest BCUT2D eigenvalue weighted by atomic mass is 10.0. The minimum Gasteiger partial charge on any atom is -0.444 e. The predicted molar refractivity (Wildman–Crippen MR) is 72.8 cm³/mol. The van der Waals surface area contributed by atoms with Crippen molar-refractivity contribution >= 4 is 27.5 Å². The average Bonchev–Trinajstić information content (AvgIpc) is 2.83. The van der Waals surface area contributed by atoms with Crippen LogP contribution in [-0.2, 0) is 6.42 Å². The summed E-state index contributed by atoms with van der Waals surface area (Å²) in [6.07, 6.45) is 1.61. The molecular formula is C14H11BrFNO2. The molecule has 3 rings (SSSR count). The Morgan fingerprint density at radius 3 is 2.89 bits per heavy atom. The molecule has 0 N–H and O–H groups in total. The van der Waals surface area contributed by atoms with Crippen molar-refractivity contribution in [3.63, 3.8) is 0 Å². The second-order valence-electron chi connectivity index (χ2n) is 4.44. The van der Waals surface area contributed by atoms with Gasteiger partial charge in [0, 0.05) is 12.2 Å². The molecular weight excluding hydrogens is 313 g/mol. The van der Waals surface area contributed by atoms with Crippen LogP contribution in [0.1, 0.15) is 22.5 Å². The fraction of sp³-hybridized carbons (Fsp3) is 0.214. The molecule has 0 saturated heterocycles. The standard InChI is InChI=1S/C14H11BrFNO2/c15-13-6-5-12(19-13)14(18)17-7-1-2-9-8-10(16)3-4-11(9)17/h3-6,8H,1-2,7H2. The quantitative estimate of drug-likeness (QED) is 0.800. The molecule has 0 fully saturated rings. The lowest BCUT2D eigenvalue weighted by molar-refractivity contribution is 0.0957. The van der Waals surface area contributed by atoms with Gasteiger partial charge in [-0.1, -0.05) is 0 Å². The van der Waals surface area contributed by atoms with Crippen LogP contribution >= 0.6 is 15.9 Å². The Hall–Kier alpha value is -1.62. The summed E-state index contributed by atoms with van der Waals surface area (Å²) in [4.78, 5) is 14.0. The molecule has 1 aliphatic heterocycles. The number of carbonyl (C=O) groups is 1. The number of nitrogens with zero attached hydrogens (tertiary/aromatic N) is 1. The number of hydrogen-bond acceptors (Lipinski definition) is 2. The number of amides is 1. The number of halogens is 2. The van der Waals surface area contributed by atoms with Crippen LogP contribution in [0.5, 0.6) is 0 Å². The minimum absolute atomic E-state index is 0.196. The van der Waals surface area contributed by atoms with Crippen molar-refractivity contribution in [3.05, 3.63) is 52.1 Å². The van der Waals surface area contributed by atoms with Crippen LogP contribution in [0, 0.1) is 5.82 Å². The third-order valence-electron chi connectivity index (χ3n) is 3.19. The highest BCUT2D eigenvalue weighted by atomic mass is 79.9. The van der Waals surface area contributed by atoms with Crippen LogP contribution < -0.4 is 4.90 Å². The molecule has 98 valence electrons. The molecule has 0 atom stereocenters. The first-order chi connectivity index (χ1) is 9.15. The number of anilines is 1. The predicted octanol–water partition coefficient (Wildman–Crippen LogP) is 3.77. The monoisotopic (exact) mass is 323 g/mol. The Bertz CT molecular complexity index is 638. The molecule has 2 aromatic rings. The van der Waals surface area contributed by atoms with E-state index in [1.54, 1.807) is 23.1 Å². The lowest BCUT2D eigenvalue weighted by Crippen LogP contribution is -2.35. The average molecular weight is 324 g/mol. The van der Waals surface area contributed by atoms with Gasteiger partial charge in [0.25, 0.3) is 5.91 Å². The number of benzene rings is 1. The van der Waals surface area contributed by atoms with Crippen molar-refractivity contribution in [2.24, 2.45) is 0 Å². The topological polar surface area (TPSA) is 33.5 Å². The SMILES string of the molecule is O=C(c1ccc(Br)o1)N1CCCc2cc(F)ccc21. The molecule has 1 aromatic carbocycles. The lowest BCUT2D eigenvalue weighted by Gasteiger charge is -2.28. The molecule has 19 heavy (non-hydrogen) atoms. The second kappa shape index (κ2) is 4.81. The normalized spacial score (nSPS) is 14.3. The van der Waals surface area contributed by atoms with E-state index in [0.717, 1.165) is 24.1 Å². The number of fused-ring (bicyclic) bond motifs is 1. The smallest absolute Gasteiger partial charge is 0.294 e. The fourth-order valence-corrected chi connectivity index (χ4v) is 2.65. The second-order valence-corrected chi connectivity index (χ2v) is 5.22. The third-order valence-corrected chi connectivity index (χ3v) is 3.62. The molecule has 0 saturated carbocycles. The molecule has 1 aliphatic rings. The Morgan fingerprint density at radius 2 is 2.16 bits per heavy atom. The van der Waals surface area contributed by atoms with Gasteiger partial charge in [0.2, 0.25) is 0 Å². The summed E-state index contributed by atoms with van der Waals surface area (Å²) in [6.45, 7) is 0.621. The van der Waals surface area contributed by atoms with E-state index in [0.29, 0.717) is 11.2 Å². The molecule has 5 heteroatoms. The number of aryl methyl sites for hydroxylation is 1. The van der Waals surface area contributed by atoms with E-state index < -0.39 is 0 Å². The number of hydrogen-bond donors (Lipinski definition) is 0. The van der Waals surface area contributed by atoms with Crippen LogP contribution in [0.4, 0.5) is 10.1 Å². The number of carbonyl (C=O) groups excluding carboxylic acids is 1. The van der Waals surface area contributed by atoms with E-state index in [9.17, 15) is 9.18 Å². The highest BCUT2D eigenvalue weighted by molar-refractivity contribution is 9.10. The van der Waals surface area contributed by atoms with Crippen LogP contribution in [0.3, 0.4) is 0 Å². The molecule has 0 unspecified atom stereocenters. The van der Waals surface area contributed by atoms with Gasteiger partial charge in [-0.3, -0.25) is 4.79 Å². The Morgan fingerprint density at radius 1 is 1.32 bits per heavy atom. The molecule has 0 spiro atoms. The van der Waals surface area contributed by atoms with E-state index in [1.165, 1.54) is 12.1 Å². The zero-order chi connectivity index (χ0) is 13.4. The van der Waals surface area contributed by atoms with Crippen LogP contribution in [0.2, 0.25) is 0 Å². The molecule has 0 bridgehead atoms. The first kappa shape index (κ1) is 12.4. The molecule has 1 aromatic heterocycles. The molecule has 3 nitrogen and oxygen atoms in total. The van der Waals surface area contributed by atoms with Gasteiger partial charge in [-0.15, -0.1) is 0 Å².